The maximum atomic E-state index is 9.98. The average Bonchev–Trinajstić information content (AvgIpc) is 2.85. The Morgan fingerprint density at radius 3 is 2.67 bits per heavy atom. The summed E-state index contributed by atoms with van der Waals surface area (Å²) in [5, 5.41) is 9.98. The molecule has 0 saturated heterocycles. The maximum Gasteiger partial charge on any atom is 0.0836 e. The van der Waals surface area contributed by atoms with E-state index >= 15 is 0 Å². The van der Waals surface area contributed by atoms with Crippen molar-refractivity contribution in [2.75, 3.05) is 7.11 Å². The van der Waals surface area contributed by atoms with Gasteiger partial charge in [0.05, 0.1) is 12.2 Å². The van der Waals surface area contributed by atoms with Gasteiger partial charge in [0.1, 0.15) is 0 Å². The Labute approximate surface area is 91.0 Å². The minimum Gasteiger partial charge on any atom is -0.390 e. The van der Waals surface area contributed by atoms with E-state index in [4.69, 9.17) is 10.5 Å². The molecule has 0 radical (unpaired) electrons. The Morgan fingerprint density at radius 2 is 2.13 bits per heavy atom. The van der Waals surface area contributed by atoms with E-state index in [1.54, 1.807) is 7.11 Å². The van der Waals surface area contributed by atoms with Crippen LogP contribution in [0.25, 0.3) is 0 Å². The molecule has 3 heteroatoms. The van der Waals surface area contributed by atoms with Gasteiger partial charge in [0.25, 0.3) is 0 Å². The maximum absolute atomic E-state index is 9.98. The third-order valence-corrected chi connectivity index (χ3v) is 5.36. The lowest BCUT2D eigenvalue weighted by atomic mass is 9.69. The van der Waals surface area contributed by atoms with E-state index in [2.05, 4.69) is 0 Å². The van der Waals surface area contributed by atoms with Crippen LogP contribution in [0.5, 0.6) is 0 Å². The third-order valence-electron chi connectivity index (χ3n) is 5.36. The normalized spacial score (nSPS) is 58.2. The van der Waals surface area contributed by atoms with Crippen LogP contribution in [0.2, 0.25) is 0 Å². The summed E-state index contributed by atoms with van der Waals surface area (Å²) in [7, 11) is 1.70. The standard InChI is InChI=1S/C12H21NO2/c1-15-10-6-12(5-9(10)14)8-3-2-7(4-8)11(12)13/h7-11,14H,2-6,13H2,1H3/t7-,8+,9-,10-,11+,12-/m1/s1. The van der Waals surface area contributed by atoms with Crippen LogP contribution in [0.15, 0.2) is 0 Å². The number of hydrogen-bond acceptors (Lipinski definition) is 3. The van der Waals surface area contributed by atoms with Gasteiger partial charge in [0, 0.05) is 13.2 Å². The highest BCUT2D eigenvalue weighted by atomic mass is 16.5. The lowest BCUT2D eigenvalue weighted by molar-refractivity contribution is 0.00927. The van der Waals surface area contributed by atoms with Gasteiger partial charge in [-0.25, -0.2) is 0 Å². The molecule has 15 heavy (non-hydrogen) atoms. The molecular weight excluding hydrogens is 190 g/mol. The summed E-state index contributed by atoms with van der Waals surface area (Å²) >= 11 is 0. The van der Waals surface area contributed by atoms with Gasteiger partial charge in [0.2, 0.25) is 0 Å². The second kappa shape index (κ2) is 3.19. The molecule has 3 aliphatic carbocycles. The predicted molar refractivity (Wildman–Crippen MR) is 57.3 cm³/mol. The van der Waals surface area contributed by atoms with Crippen molar-refractivity contribution in [2.24, 2.45) is 23.0 Å². The second-order valence-corrected chi connectivity index (χ2v) is 5.78. The van der Waals surface area contributed by atoms with E-state index in [0.29, 0.717) is 6.04 Å². The highest BCUT2D eigenvalue weighted by Crippen LogP contribution is 2.62. The monoisotopic (exact) mass is 211 g/mol. The first-order chi connectivity index (χ1) is 7.17. The van der Waals surface area contributed by atoms with E-state index in [1.165, 1.54) is 19.3 Å². The minimum absolute atomic E-state index is 0.0235. The lowest BCUT2D eigenvalue weighted by Crippen LogP contribution is -2.45. The van der Waals surface area contributed by atoms with Crippen LogP contribution in [0.1, 0.15) is 32.1 Å². The third kappa shape index (κ3) is 1.17. The van der Waals surface area contributed by atoms with E-state index in [-0.39, 0.29) is 17.6 Å². The van der Waals surface area contributed by atoms with Gasteiger partial charge in [-0.05, 0) is 49.4 Å². The first-order valence-corrected chi connectivity index (χ1v) is 6.14. The first-order valence-electron chi connectivity index (χ1n) is 6.14. The summed E-state index contributed by atoms with van der Waals surface area (Å²) in [5.41, 5.74) is 6.58. The molecule has 3 saturated carbocycles. The summed E-state index contributed by atoms with van der Waals surface area (Å²) in [6.45, 7) is 0. The van der Waals surface area contributed by atoms with Crippen LogP contribution in [0.3, 0.4) is 0 Å². The van der Waals surface area contributed by atoms with Crippen molar-refractivity contribution >= 4 is 0 Å². The number of methoxy groups -OCH3 is 1. The van der Waals surface area contributed by atoms with Crippen molar-refractivity contribution in [2.45, 2.75) is 50.4 Å². The minimum atomic E-state index is -0.291. The summed E-state index contributed by atoms with van der Waals surface area (Å²) < 4.78 is 5.36. The van der Waals surface area contributed by atoms with Gasteiger partial charge in [-0.3, -0.25) is 0 Å². The Balaban J connectivity index is 1.86. The van der Waals surface area contributed by atoms with Gasteiger partial charge in [0.15, 0.2) is 0 Å². The molecule has 0 heterocycles. The Hall–Kier alpha value is -0.120. The predicted octanol–water partition coefficient (Wildman–Crippen LogP) is 0.900. The highest BCUT2D eigenvalue weighted by molar-refractivity contribution is 5.13. The smallest absolute Gasteiger partial charge is 0.0836 e. The molecule has 6 atom stereocenters. The van der Waals surface area contributed by atoms with Crippen molar-refractivity contribution < 1.29 is 9.84 Å². The van der Waals surface area contributed by atoms with Crippen LogP contribution >= 0.6 is 0 Å². The molecular formula is C12H21NO2. The number of rotatable bonds is 1. The molecule has 0 amide bonds. The summed E-state index contributed by atoms with van der Waals surface area (Å²) in [6, 6.07) is 0.311. The molecule has 3 aliphatic rings. The summed E-state index contributed by atoms with van der Waals surface area (Å²) in [6.07, 6.45) is 5.50. The van der Waals surface area contributed by atoms with Crippen LogP contribution in [0.4, 0.5) is 0 Å². The van der Waals surface area contributed by atoms with Gasteiger partial charge < -0.3 is 15.6 Å². The van der Waals surface area contributed by atoms with Gasteiger partial charge in [-0.2, -0.15) is 0 Å². The quantitative estimate of drug-likeness (QED) is 0.677. The van der Waals surface area contributed by atoms with Crippen molar-refractivity contribution in [3.8, 4) is 0 Å². The summed E-state index contributed by atoms with van der Waals surface area (Å²) in [5.74, 6) is 1.48. The van der Waals surface area contributed by atoms with E-state index in [9.17, 15) is 5.11 Å². The number of aliphatic hydroxyl groups excluding tert-OH is 1. The molecule has 0 aromatic heterocycles. The molecule has 0 unspecified atom stereocenters. The molecule has 3 rings (SSSR count). The van der Waals surface area contributed by atoms with Crippen LogP contribution in [-0.2, 0) is 4.74 Å². The fourth-order valence-electron chi connectivity index (χ4n) is 4.57. The number of aliphatic hydroxyl groups is 1. The molecule has 2 bridgehead atoms. The average molecular weight is 211 g/mol. The Bertz CT molecular complexity index is 266. The lowest BCUT2D eigenvalue weighted by Gasteiger charge is -2.39. The van der Waals surface area contributed by atoms with Crippen molar-refractivity contribution in [1.29, 1.82) is 0 Å². The highest BCUT2D eigenvalue weighted by Gasteiger charge is 2.61. The van der Waals surface area contributed by atoms with Crippen molar-refractivity contribution in [3.05, 3.63) is 0 Å². The fraction of sp³-hybridized carbons (Fsp3) is 1.00. The number of nitrogens with two attached hydrogens (primary N) is 1. The SMILES string of the molecule is CO[C@@H]1C[C@]2(C[C@H]1O)[C@H]1CC[C@H](C1)[C@@H]2N. The molecule has 1 spiro atoms. The molecule has 0 aromatic rings. The van der Waals surface area contributed by atoms with Crippen molar-refractivity contribution in [1.82, 2.24) is 0 Å². The second-order valence-electron chi connectivity index (χ2n) is 5.78. The van der Waals surface area contributed by atoms with Gasteiger partial charge in [-0.1, -0.05) is 0 Å². The van der Waals surface area contributed by atoms with E-state index < -0.39 is 0 Å². The summed E-state index contributed by atoms with van der Waals surface area (Å²) in [4.78, 5) is 0. The number of fused-ring (bicyclic) bond motifs is 3. The van der Waals surface area contributed by atoms with Crippen LogP contribution in [0, 0.1) is 17.3 Å². The zero-order valence-electron chi connectivity index (χ0n) is 9.36. The molecule has 0 aromatic carbocycles. The fourth-order valence-corrected chi connectivity index (χ4v) is 4.57. The largest absolute Gasteiger partial charge is 0.390 e. The van der Waals surface area contributed by atoms with E-state index in [1.807, 2.05) is 0 Å². The molecule has 86 valence electrons. The van der Waals surface area contributed by atoms with Gasteiger partial charge >= 0.3 is 0 Å². The zero-order chi connectivity index (χ0) is 10.6. The van der Waals surface area contributed by atoms with E-state index in [0.717, 1.165) is 24.7 Å². The van der Waals surface area contributed by atoms with Crippen LogP contribution < -0.4 is 5.73 Å². The molecule has 3 fully saturated rings. The first kappa shape index (κ1) is 10.1. The van der Waals surface area contributed by atoms with Crippen molar-refractivity contribution in [3.63, 3.8) is 0 Å². The Kier molecular flexibility index (Phi) is 2.14. The Morgan fingerprint density at radius 1 is 1.33 bits per heavy atom. The topological polar surface area (TPSA) is 55.5 Å². The molecule has 0 aliphatic heterocycles. The van der Waals surface area contributed by atoms with Crippen LogP contribution in [-0.4, -0.2) is 30.5 Å². The number of hydrogen-bond donors (Lipinski definition) is 2. The zero-order valence-corrected chi connectivity index (χ0v) is 9.36. The van der Waals surface area contributed by atoms with Gasteiger partial charge in [-0.15, -0.1) is 0 Å². The number of ether oxygens (including phenoxy) is 1. The molecule has 3 N–H and O–H groups in total. The molecule has 3 nitrogen and oxygen atoms in total.